The van der Waals surface area contributed by atoms with Crippen molar-refractivity contribution in [3.8, 4) is 0 Å². The maximum atomic E-state index is 12.7. The fourth-order valence-corrected chi connectivity index (χ4v) is 5.05. The first kappa shape index (κ1) is 15.2. The van der Waals surface area contributed by atoms with Crippen molar-refractivity contribution < 1.29 is 13.2 Å². The molecule has 5 nitrogen and oxygen atoms in total. The van der Waals surface area contributed by atoms with Gasteiger partial charge in [-0.3, -0.25) is 9.78 Å². The SMILES string of the molecule is NC(=O)c1cnc2ccc(S(=O)(=O)C3CCCC3)cc2c1Cl. The molecule has 22 heavy (non-hydrogen) atoms. The third kappa shape index (κ3) is 2.46. The number of primary amides is 1. The molecule has 0 spiro atoms. The Morgan fingerprint density at radius 2 is 1.95 bits per heavy atom. The Morgan fingerprint density at radius 3 is 2.59 bits per heavy atom. The average molecular weight is 339 g/mol. The largest absolute Gasteiger partial charge is 0.366 e. The number of carbonyl (C=O) groups is 1. The number of pyridine rings is 1. The second-order valence-corrected chi connectivity index (χ2v) is 8.09. The molecule has 0 saturated heterocycles. The van der Waals surface area contributed by atoms with Gasteiger partial charge in [-0.15, -0.1) is 0 Å². The van der Waals surface area contributed by atoms with Crippen LogP contribution in [0.2, 0.25) is 5.02 Å². The van der Waals surface area contributed by atoms with E-state index in [4.69, 9.17) is 17.3 Å². The topological polar surface area (TPSA) is 90.1 Å². The van der Waals surface area contributed by atoms with E-state index < -0.39 is 15.7 Å². The summed E-state index contributed by atoms with van der Waals surface area (Å²) in [5, 5.41) is 0.231. The van der Waals surface area contributed by atoms with E-state index >= 15 is 0 Å². The summed E-state index contributed by atoms with van der Waals surface area (Å²) in [5.41, 5.74) is 5.86. The Labute approximate surface area is 133 Å². The minimum absolute atomic E-state index is 0.0876. The zero-order chi connectivity index (χ0) is 15.9. The predicted octanol–water partition coefficient (Wildman–Crippen LogP) is 2.70. The molecule has 1 fully saturated rings. The summed E-state index contributed by atoms with van der Waals surface area (Å²) in [6.45, 7) is 0. The number of carbonyl (C=O) groups excluding carboxylic acids is 1. The summed E-state index contributed by atoms with van der Waals surface area (Å²) in [6, 6.07) is 4.64. The van der Waals surface area contributed by atoms with Gasteiger partial charge in [0.2, 0.25) is 0 Å². The molecule has 0 aliphatic heterocycles. The molecule has 1 saturated carbocycles. The van der Waals surface area contributed by atoms with Gasteiger partial charge in [0.25, 0.3) is 5.91 Å². The zero-order valence-electron chi connectivity index (χ0n) is 11.8. The first-order valence-corrected chi connectivity index (χ1v) is 8.95. The number of fused-ring (bicyclic) bond motifs is 1. The number of nitrogens with zero attached hydrogens (tertiary/aromatic N) is 1. The van der Waals surface area contributed by atoms with Gasteiger partial charge < -0.3 is 5.73 Å². The lowest BCUT2D eigenvalue weighted by molar-refractivity contribution is 0.1000. The maximum Gasteiger partial charge on any atom is 0.251 e. The summed E-state index contributed by atoms with van der Waals surface area (Å²) in [6.07, 6.45) is 4.55. The molecule has 1 aromatic carbocycles. The van der Waals surface area contributed by atoms with Gasteiger partial charge in [0.05, 0.1) is 26.2 Å². The van der Waals surface area contributed by atoms with Crippen molar-refractivity contribution in [1.29, 1.82) is 0 Å². The minimum atomic E-state index is -3.38. The molecule has 0 atom stereocenters. The van der Waals surface area contributed by atoms with Crippen LogP contribution in [-0.2, 0) is 9.84 Å². The van der Waals surface area contributed by atoms with Gasteiger partial charge in [-0.2, -0.15) is 0 Å². The van der Waals surface area contributed by atoms with E-state index in [9.17, 15) is 13.2 Å². The summed E-state index contributed by atoms with van der Waals surface area (Å²) >= 11 is 6.18. The molecular weight excluding hydrogens is 324 g/mol. The predicted molar refractivity (Wildman–Crippen MR) is 84.7 cm³/mol. The zero-order valence-corrected chi connectivity index (χ0v) is 13.3. The molecule has 0 bridgehead atoms. The molecule has 1 aromatic heterocycles. The lowest BCUT2D eigenvalue weighted by Gasteiger charge is -2.12. The quantitative estimate of drug-likeness (QED) is 0.931. The molecule has 7 heteroatoms. The van der Waals surface area contributed by atoms with Crippen LogP contribution in [0.1, 0.15) is 36.0 Å². The van der Waals surface area contributed by atoms with E-state index in [1.807, 2.05) is 0 Å². The van der Waals surface area contributed by atoms with Gasteiger partial charge in [0, 0.05) is 11.6 Å². The van der Waals surface area contributed by atoms with E-state index in [1.54, 1.807) is 12.1 Å². The van der Waals surface area contributed by atoms with Crippen LogP contribution in [0.25, 0.3) is 10.9 Å². The second kappa shape index (κ2) is 5.52. The van der Waals surface area contributed by atoms with E-state index in [0.29, 0.717) is 23.7 Å². The van der Waals surface area contributed by atoms with E-state index in [1.165, 1.54) is 12.3 Å². The second-order valence-electron chi connectivity index (χ2n) is 5.48. The number of halogens is 1. The van der Waals surface area contributed by atoms with Crippen molar-refractivity contribution in [2.24, 2.45) is 5.73 Å². The number of aromatic nitrogens is 1. The van der Waals surface area contributed by atoms with Crippen LogP contribution in [0.4, 0.5) is 0 Å². The monoisotopic (exact) mass is 338 g/mol. The number of amides is 1. The summed E-state index contributed by atoms with van der Waals surface area (Å²) in [7, 11) is -3.38. The number of sulfone groups is 1. The van der Waals surface area contributed by atoms with E-state index in [2.05, 4.69) is 4.98 Å². The smallest absolute Gasteiger partial charge is 0.251 e. The minimum Gasteiger partial charge on any atom is -0.366 e. The Morgan fingerprint density at radius 1 is 1.27 bits per heavy atom. The molecule has 116 valence electrons. The lowest BCUT2D eigenvalue weighted by atomic mass is 10.1. The number of hydrogen-bond donors (Lipinski definition) is 1. The summed E-state index contributed by atoms with van der Waals surface area (Å²) in [5.74, 6) is -0.691. The standard InChI is InChI=1S/C15H15ClN2O3S/c16-14-11-7-10(22(20,21)9-3-1-2-4-9)5-6-13(11)18-8-12(14)15(17)19/h5-9H,1-4H2,(H2,17,19). The maximum absolute atomic E-state index is 12.7. The van der Waals surface area contributed by atoms with Crippen LogP contribution in [0.3, 0.4) is 0 Å². The Balaban J connectivity index is 2.16. The lowest BCUT2D eigenvalue weighted by Crippen LogP contribution is -2.17. The fourth-order valence-electron chi connectivity index (χ4n) is 2.88. The highest BCUT2D eigenvalue weighted by atomic mass is 35.5. The van der Waals surface area contributed by atoms with Crippen molar-refractivity contribution in [2.45, 2.75) is 35.8 Å². The molecule has 0 radical (unpaired) electrons. The van der Waals surface area contributed by atoms with Gasteiger partial charge in [0.1, 0.15) is 0 Å². The van der Waals surface area contributed by atoms with Crippen molar-refractivity contribution in [1.82, 2.24) is 4.98 Å². The third-order valence-corrected chi connectivity index (χ3v) is 6.78. The number of hydrogen-bond acceptors (Lipinski definition) is 4. The number of rotatable bonds is 3. The summed E-state index contributed by atoms with van der Waals surface area (Å²) < 4.78 is 25.3. The fraction of sp³-hybridized carbons (Fsp3) is 0.333. The summed E-state index contributed by atoms with van der Waals surface area (Å²) in [4.78, 5) is 15.7. The van der Waals surface area contributed by atoms with Crippen LogP contribution in [0, 0.1) is 0 Å². The van der Waals surface area contributed by atoms with Crippen molar-refractivity contribution in [3.05, 3.63) is 35.0 Å². The van der Waals surface area contributed by atoms with Gasteiger partial charge in [-0.1, -0.05) is 24.4 Å². The van der Waals surface area contributed by atoms with Gasteiger partial charge in [0.15, 0.2) is 9.84 Å². The van der Waals surface area contributed by atoms with Crippen molar-refractivity contribution >= 4 is 38.2 Å². The van der Waals surface area contributed by atoms with Gasteiger partial charge in [-0.05, 0) is 31.0 Å². The van der Waals surface area contributed by atoms with Crippen molar-refractivity contribution in [2.75, 3.05) is 0 Å². The number of benzene rings is 1. The number of nitrogens with two attached hydrogens (primary N) is 1. The van der Waals surface area contributed by atoms with Crippen molar-refractivity contribution in [3.63, 3.8) is 0 Å². The molecular formula is C15H15ClN2O3S. The Bertz CT molecular complexity index is 858. The van der Waals surface area contributed by atoms with Crippen LogP contribution < -0.4 is 5.73 Å². The first-order chi connectivity index (χ1) is 10.4. The molecule has 3 rings (SSSR count). The Kier molecular flexibility index (Phi) is 3.82. The van der Waals surface area contributed by atoms with Crippen LogP contribution in [0.15, 0.2) is 29.3 Å². The molecule has 1 heterocycles. The Hall–Kier alpha value is -1.66. The van der Waals surface area contributed by atoms with Gasteiger partial charge in [-0.25, -0.2) is 8.42 Å². The van der Waals surface area contributed by atoms with Crippen LogP contribution in [0.5, 0.6) is 0 Å². The molecule has 1 aliphatic rings. The van der Waals surface area contributed by atoms with Crippen LogP contribution >= 0.6 is 11.6 Å². The molecule has 2 N–H and O–H groups in total. The van der Waals surface area contributed by atoms with Gasteiger partial charge >= 0.3 is 0 Å². The average Bonchev–Trinajstić information content (AvgIpc) is 3.02. The first-order valence-electron chi connectivity index (χ1n) is 7.03. The highest BCUT2D eigenvalue weighted by Crippen LogP contribution is 2.33. The third-order valence-electron chi connectivity index (χ3n) is 4.11. The highest BCUT2D eigenvalue weighted by molar-refractivity contribution is 7.92. The van der Waals surface area contributed by atoms with E-state index in [0.717, 1.165) is 12.8 Å². The molecule has 1 aliphatic carbocycles. The molecule has 2 aromatic rings. The molecule has 1 amide bonds. The van der Waals surface area contributed by atoms with Crippen LogP contribution in [-0.4, -0.2) is 24.6 Å². The normalized spacial score (nSPS) is 16.2. The highest BCUT2D eigenvalue weighted by Gasteiger charge is 2.30. The van der Waals surface area contributed by atoms with E-state index in [-0.39, 0.29) is 20.7 Å². The molecule has 0 unspecified atom stereocenters.